The van der Waals surface area contributed by atoms with Crippen molar-refractivity contribution in [3.05, 3.63) is 72.2 Å². The topological polar surface area (TPSA) is 74.4 Å². The monoisotopic (exact) mass is 379 g/mol. The quantitative estimate of drug-likeness (QED) is 0.590. The first-order valence-corrected chi connectivity index (χ1v) is 9.05. The second-order valence-electron chi connectivity index (χ2n) is 6.76. The number of imidazole rings is 1. The normalized spacial score (nSPS) is 18.7. The number of carbonyl (C=O) groups excluding carboxylic acids is 1. The van der Waals surface area contributed by atoms with Gasteiger partial charge in [0.05, 0.1) is 26.0 Å². The molecule has 1 atom stereocenters. The van der Waals surface area contributed by atoms with Crippen molar-refractivity contribution in [1.82, 2.24) is 9.38 Å². The van der Waals surface area contributed by atoms with E-state index in [4.69, 9.17) is 14.3 Å². The predicted molar refractivity (Wildman–Crippen MR) is 103 cm³/mol. The van der Waals surface area contributed by atoms with Crippen molar-refractivity contribution in [2.75, 3.05) is 13.7 Å². The zero-order valence-corrected chi connectivity index (χ0v) is 15.6. The number of fused-ring (bicyclic) bond motifs is 1. The summed E-state index contributed by atoms with van der Waals surface area (Å²) in [5, 5.41) is 4.11. The fourth-order valence-corrected chi connectivity index (χ4v) is 3.41. The molecule has 1 aromatic carbocycles. The lowest BCUT2D eigenvalue weighted by Gasteiger charge is -2.23. The van der Waals surface area contributed by atoms with Gasteiger partial charge in [0.15, 0.2) is 0 Å². The average Bonchev–Trinajstić information content (AvgIpc) is 3.36. The van der Waals surface area contributed by atoms with Gasteiger partial charge in [-0.1, -0.05) is 41.6 Å². The summed E-state index contributed by atoms with van der Waals surface area (Å²) < 4.78 is 12.7. The van der Waals surface area contributed by atoms with E-state index < -0.39 is 11.6 Å². The van der Waals surface area contributed by atoms with Crippen LogP contribution in [0.25, 0.3) is 5.65 Å². The van der Waals surface area contributed by atoms with E-state index in [1.807, 2.05) is 59.3 Å². The van der Waals surface area contributed by atoms with E-state index in [2.05, 4.69) is 10.1 Å². The number of nitrogens with zero attached hydrogens (tertiary/aromatic N) is 3. The van der Waals surface area contributed by atoms with E-state index in [-0.39, 0.29) is 6.61 Å². The summed E-state index contributed by atoms with van der Waals surface area (Å²) in [5.74, 6) is -0.433. The Morgan fingerprint density at radius 1 is 1.18 bits per heavy atom. The minimum absolute atomic E-state index is 0.273. The van der Waals surface area contributed by atoms with Crippen LogP contribution in [0.1, 0.15) is 17.5 Å². The number of methoxy groups -OCH3 is 1. The number of pyridine rings is 1. The summed E-state index contributed by atoms with van der Waals surface area (Å²) in [6, 6.07) is 13.6. The van der Waals surface area contributed by atoms with E-state index in [1.54, 1.807) is 6.20 Å². The Balaban J connectivity index is 1.40. The molecule has 0 radical (unpaired) electrons. The number of hydrogen-bond acceptors (Lipinski definition) is 6. The Kier molecular flexibility index (Phi) is 5.08. The van der Waals surface area contributed by atoms with Crippen molar-refractivity contribution in [3.8, 4) is 0 Å². The number of aromatic nitrogens is 2. The third-order valence-electron chi connectivity index (χ3n) is 4.76. The molecule has 0 fully saturated rings. The van der Waals surface area contributed by atoms with Crippen molar-refractivity contribution >= 4 is 17.3 Å². The third-order valence-corrected chi connectivity index (χ3v) is 4.76. The molecule has 7 heteroatoms. The maximum atomic E-state index is 12.4. The maximum Gasteiger partial charge on any atom is 0.353 e. The molecular weight excluding hydrogens is 358 g/mol. The van der Waals surface area contributed by atoms with Crippen molar-refractivity contribution in [2.45, 2.75) is 25.0 Å². The van der Waals surface area contributed by atoms with Crippen LogP contribution in [0.4, 0.5) is 0 Å². The number of hydrogen-bond donors (Lipinski definition) is 0. The van der Waals surface area contributed by atoms with E-state index in [0.717, 1.165) is 16.8 Å². The standard InChI is InChI=1S/C21H21N3O4/c1-26-20(25)21(12-16-6-3-2-4-7-16)13-18(23-28-21)15-27-14-17-8-5-10-24-11-9-22-19(17)24/h2-11H,12-15H2,1H3. The molecule has 0 amide bonds. The zero-order valence-electron chi connectivity index (χ0n) is 15.6. The molecule has 28 heavy (non-hydrogen) atoms. The predicted octanol–water partition coefficient (Wildman–Crippen LogP) is 2.78. The van der Waals surface area contributed by atoms with Crippen LogP contribution in [0.3, 0.4) is 0 Å². The summed E-state index contributed by atoms with van der Waals surface area (Å²) in [6.07, 6.45) is 6.31. The van der Waals surface area contributed by atoms with Crippen LogP contribution in [-0.4, -0.2) is 40.4 Å². The van der Waals surface area contributed by atoms with Gasteiger partial charge in [0, 0.05) is 37.0 Å². The molecule has 3 heterocycles. The molecule has 0 aliphatic carbocycles. The molecule has 0 bridgehead atoms. The van der Waals surface area contributed by atoms with E-state index in [9.17, 15) is 4.79 Å². The first-order chi connectivity index (χ1) is 13.7. The second kappa shape index (κ2) is 7.82. The van der Waals surface area contributed by atoms with Gasteiger partial charge in [-0.25, -0.2) is 9.78 Å². The molecular formula is C21H21N3O4. The number of benzene rings is 1. The highest BCUT2D eigenvalue weighted by Crippen LogP contribution is 2.30. The van der Waals surface area contributed by atoms with Crippen molar-refractivity contribution in [1.29, 1.82) is 0 Å². The lowest BCUT2D eigenvalue weighted by atomic mass is 9.90. The van der Waals surface area contributed by atoms with Crippen LogP contribution >= 0.6 is 0 Å². The summed E-state index contributed by atoms with van der Waals surface area (Å²) >= 11 is 0. The molecule has 1 aliphatic rings. The lowest BCUT2D eigenvalue weighted by molar-refractivity contribution is -0.166. The van der Waals surface area contributed by atoms with Gasteiger partial charge < -0.3 is 18.7 Å². The maximum absolute atomic E-state index is 12.4. The van der Waals surface area contributed by atoms with E-state index in [0.29, 0.717) is 25.2 Å². The fraction of sp³-hybridized carbons (Fsp3) is 0.286. The van der Waals surface area contributed by atoms with Crippen LogP contribution in [0.15, 0.2) is 66.2 Å². The first kappa shape index (κ1) is 18.2. The smallest absolute Gasteiger partial charge is 0.353 e. The molecule has 0 N–H and O–H groups in total. The SMILES string of the molecule is COC(=O)C1(Cc2ccccc2)CC(COCc2cccn3ccnc23)=NO1. The molecule has 0 saturated carbocycles. The Morgan fingerprint density at radius 2 is 2.04 bits per heavy atom. The van der Waals surface area contributed by atoms with Gasteiger partial charge >= 0.3 is 5.97 Å². The Hall–Kier alpha value is -3.19. The molecule has 1 aliphatic heterocycles. The van der Waals surface area contributed by atoms with Crippen LogP contribution in [0, 0.1) is 0 Å². The van der Waals surface area contributed by atoms with Crippen molar-refractivity contribution in [3.63, 3.8) is 0 Å². The van der Waals surface area contributed by atoms with E-state index >= 15 is 0 Å². The third kappa shape index (κ3) is 3.61. The van der Waals surface area contributed by atoms with Gasteiger partial charge in [0.1, 0.15) is 5.65 Å². The van der Waals surface area contributed by atoms with Gasteiger partial charge in [-0.3, -0.25) is 0 Å². The largest absolute Gasteiger partial charge is 0.466 e. The van der Waals surface area contributed by atoms with Gasteiger partial charge in [-0.15, -0.1) is 0 Å². The lowest BCUT2D eigenvalue weighted by Crippen LogP contribution is -2.42. The zero-order chi connectivity index (χ0) is 19.4. The van der Waals surface area contributed by atoms with Crippen molar-refractivity contribution < 1.29 is 19.1 Å². The van der Waals surface area contributed by atoms with E-state index in [1.165, 1.54) is 7.11 Å². The highest BCUT2D eigenvalue weighted by atomic mass is 16.7. The summed E-state index contributed by atoms with van der Waals surface area (Å²) in [4.78, 5) is 22.4. The molecule has 0 spiro atoms. The second-order valence-corrected chi connectivity index (χ2v) is 6.76. The Labute approximate surface area is 162 Å². The highest BCUT2D eigenvalue weighted by Gasteiger charge is 2.47. The highest BCUT2D eigenvalue weighted by molar-refractivity contribution is 5.94. The van der Waals surface area contributed by atoms with Crippen molar-refractivity contribution in [2.24, 2.45) is 5.16 Å². The molecule has 1 unspecified atom stereocenters. The number of esters is 1. The van der Waals surface area contributed by atoms with Crippen LogP contribution in [0.2, 0.25) is 0 Å². The Morgan fingerprint density at radius 3 is 2.86 bits per heavy atom. The number of rotatable bonds is 7. The summed E-state index contributed by atoms with van der Waals surface area (Å²) in [6.45, 7) is 0.666. The molecule has 7 nitrogen and oxygen atoms in total. The van der Waals surface area contributed by atoms with Gasteiger partial charge in [-0.2, -0.15) is 0 Å². The summed E-state index contributed by atoms with van der Waals surface area (Å²) in [5.41, 5.74) is 2.36. The molecule has 2 aromatic heterocycles. The molecule has 0 saturated heterocycles. The molecule has 4 rings (SSSR count). The molecule has 144 valence electrons. The van der Waals surface area contributed by atoms with Crippen LogP contribution < -0.4 is 0 Å². The number of carbonyl (C=O) groups is 1. The minimum Gasteiger partial charge on any atom is -0.466 e. The fourth-order valence-electron chi connectivity index (χ4n) is 3.41. The summed E-state index contributed by atoms with van der Waals surface area (Å²) in [7, 11) is 1.36. The Bertz CT molecular complexity index is 999. The van der Waals surface area contributed by atoms with Gasteiger partial charge in [0.2, 0.25) is 5.60 Å². The number of ether oxygens (including phenoxy) is 2. The average molecular weight is 379 g/mol. The molecule has 3 aromatic rings. The minimum atomic E-state index is -1.14. The number of oxime groups is 1. The van der Waals surface area contributed by atoms with Crippen LogP contribution in [-0.2, 0) is 32.1 Å². The van der Waals surface area contributed by atoms with Gasteiger partial charge in [0.25, 0.3) is 0 Å². The van der Waals surface area contributed by atoms with Crippen LogP contribution in [0.5, 0.6) is 0 Å². The van der Waals surface area contributed by atoms with Gasteiger partial charge in [-0.05, 0) is 11.6 Å². The first-order valence-electron chi connectivity index (χ1n) is 9.05.